The fourth-order valence-corrected chi connectivity index (χ4v) is 10.3. The van der Waals surface area contributed by atoms with Crippen LogP contribution in [-0.4, -0.2) is 91.9 Å². The molecule has 2 aliphatic carbocycles. The van der Waals surface area contributed by atoms with Crippen molar-refractivity contribution in [3.63, 3.8) is 0 Å². The number of ether oxygens (including phenoxy) is 2. The average molecular weight is 535 g/mol. The molecular weight excluding hydrogens is 480 g/mol. The van der Waals surface area contributed by atoms with Gasteiger partial charge in [-0.3, -0.25) is 0 Å². The van der Waals surface area contributed by atoms with E-state index in [1.54, 1.807) is 0 Å². The first-order valence-electron chi connectivity index (χ1n) is 13.6. The van der Waals surface area contributed by atoms with Crippen LogP contribution in [0.1, 0.15) is 72.6 Å². The second-order valence-corrected chi connectivity index (χ2v) is 23.3. The van der Waals surface area contributed by atoms with Crippen LogP contribution < -0.4 is 0 Å². The van der Waals surface area contributed by atoms with Gasteiger partial charge in [-0.05, 0) is 70.1 Å². The highest BCUT2D eigenvalue weighted by atomic mass is 28.4. The van der Waals surface area contributed by atoms with E-state index in [2.05, 4.69) is 53.9 Å². The smallest absolute Gasteiger partial charge is 0.192 e. The molecule has 0 saturated heterocycles. The Labute approximate surface area is 215 Å². The minimum atomic E-state index is -2.11. The van der Waals surface area contributed by atoms with Gasteiger partial charge in [0.2, 0.25) is 0 Å². The lowest BCUT2D eigenvalue weighted by Gasteiger charge is -2.50. The zero-order valence-electron chi connectivity index (χ0n) is 23.5. The molecule has 0 radical (unpaired) electrons. The Morgan fingerprint density at radius 1 is 0.686 bits per heavy atom. The van der Waals surface area contributed by atoms with Gasteiger partial charge >= 0.3 is 0 Å². The van der Waals surface area contributed by atoms with Crippen LogP contribution in [0, 0.1) is 0 Å². The molecule has 0 aromatic rings. The van der Waals surface area contributed by atoms with Crippen molar-refractivity contribution in [1.82, 2.24) is 0 Å². The van der Waals surface area contributed by atoms with Crippen molar-refractivity contribution >= 4 is 16.4 Å². The van der Waals surface area contributed by atoms with Crippen molar-refractivity contribution in [3.05, 3.63) is 0 Å². The topological polar surface area (TPSA) is 109 Å². The van der Waals surface area contributed by atoms with Crippen molar-refractivity contribution in [2.75, 3.05) is 13.2 Å². The second-order valence-electron chi connectivity index (χ2n) is 13.3. The number of hydrogen-bond donors (Lipinski definition) is 4. The molecule has 6 atom stereocenters. The molecule has 2 aliphatic rings. The van der Waals surface area contributed by atoms with Crippen LogP contribution in [0.4, 0.5) is 0 Å². The summed E-state index contributed by atoms with van der Waals surface area (Å²) in [5.41, 5.74) is 0. The third kappa shape index (κ3) is 8.58. The van der Waals surface area contributed by atoms with E-state index >= 15 is 0 Å². The van der Waals surface area contributed by atoms with Crippen molar-refractivity contribution < 1.29 is 34.3 Å². The van der Waals surface area contributed by atoms with E-state index in [0.29, 0.717) is 38.9 Å². The maximum Gasteiger partial charge on any atom is 0.192 e. The predicted molar refractivity (Wildman–Crippen MR) is 145 cm³/mol. The summed E-state index contributed by atoms with van der Waals surface area (Å²) < 4.78 is 19.3. The molecule has 35 heavy (non-hydrogen) atoms. The lowest BCUT2D eigenvalue weighted by Crippen LogP contribution is -2.59. The van der Waals surface area contributed by atoms with Gasteiger partial charge in [-0.2, -0.15) is 0 Å². The van der Waals surface area contributed by atoms with E-state index in [0.717, 1.165) is 25.3 Å². The molecule has 0 amide bonds. The average Bonchev–Trinajstić information content (AvgIpc) is 2.72. The first-order chi connectivity index (χ1) is 16.0. The zero-order valence-corrected chi connectivity index (χ0v) is 25.5. The van der Waals surface area contributed by atoms with Crippen molar-refractivity contribution in [1.29, 1.82) is 0 Å². The molecule has 4 N–H and O–H groups in total. The first kappa shape index (κ1) is 31.4. The Hall–Kier alpha value is 0.154. The van der Waals surface area contributed by atoms with E-state index in [-0.39, 0.29) is 22.5 Å². The number of hydrogen-bond acceptors (Lipinski definition) is 7. The summed E-state index contributed by atoms with van der Waals surface area (Å²) in [6, 6.07) is 0.985. The highest BCUT2D eigenvalue weighted by molar-refractivity contribution is 6.82. The fraction of sp³-hybridized carbons (Fsp3) is 1.00. The zero-order chi connectivity index (χ0) is 26.7. The van der Waals surface area contributed by atoms with Gasteiger partial charge in [-0.25, -0.2) is 0 Å². The third-order valence-corrected chi connectivity index (χ3v) is 18.9. The van der Waals surface area contributed by atoms with Gasteiger partial charge in [0.25, 0.3) is 0 Å². The number of rotatable bonds is 12. The van der Waals surface area contributed by atoms with Crippen LogP contribution in [0.5, 0.6) is 0 Å². The quantitative estimate of drug-likeness (QED) is 0.280. The highest BCUT2D eigenvalue weighted by Crippen LogP contribution is 2.45. The summed E-state index contributed by atoms with van der Waals surface area (Å²) in [6.07, 6.45) is 2.18. The molecule has 2 fully saturated rings. The van der Waals surface area contributed by atoms with E-state index in [9.17, 15) is 20.4 Å². The maximum atomic E-state index is 9.93. The lowest BCUT2D eigenvalue weighted by molar-refractivity contribution is -0.0741. The van der Waals surface area contributed by atoms with Crippen LogP contribution in [0.3, 0.4) is 0 Å². The molecule has 0 aromatic carbocycles. The summed E-state index contributed by atoms with van der Waals surface area (Å²) >= 11 is 0. The molecule has 0 heterocycles. The minimum absolute atomic E-state index is 0.0110. The van der Waals surface area contributed by atoms with E-state index in [1.165, 1.54) is 0 Å². The molecule has 0 spiro atoms. The normalized spacial score (nSPS) is 31.5. The fourth-order valence-electron chi connectivity index (χ4n) is 4.97. The minimum Gasteiger partial charge on any atom is -0.415 e. The summed E-state index contributed by atoms with van der Waals surface area (Å²) in [4.78, 5) is 0. The van der Waals surface area contributed by atoms with Crippen LogP contribution in [0.15, 0.2) is 0 Å². The molecule has 0 bridgehead atoms. The Morgan fingerprint density at radius 3 is 1.60 bits per heavy atom. The summed E-state index contributed by atoms with van der Waals surface area (Å²) in [6.45, 7) is 19.7. The van der Waals surface area contributed by atoms with Gasteiger partial charge in [0.05, 0.1) is 44.7 Å². The van der Waals surface area contributed by atoms with Crippen LogP contribution in [0.2, 0.25) is 37.3 Å². The van der Waals surface area contributed by atoms with Crippen LogP contribution in [-0.2, 0) is 13.9 Å². The molecule has 9 heteroatoms. The molecule has 2 saturated carbocycles. The van der Waals surface area contributed by atoms with E-state index < -0.39 is 40.8 Å². The third-order valence-electron chi connectivity index (χ3n) is 9.40. The highest BCUT2D eigenvalue weighted by Gasteiger charge is 2.49. The van der Waals surface area contributed by atoms with Crippen molar-refractivity contribution in [3.8, 4) is 0 Å². The van der Waals surface area contributed by atoms with Gasteiger partial charge < -0.3 is 34.3 Å². The monoisotopic (exact) mass is 534 g/mol. The first-order valence-corrected chi connectivity index (χ1v) is 19.7. The van der Waals surface area contributed by atoms with Crippen LogP contribution in [0.25, 0.3) is 0 Å². The van der Waals surface area contributed by atoms with Crippen LogP contribution >= 0.6 is 0 Å². The van der Waals surface area contributed by atoms with Gasteiger partial charge in [0.1, 0.15) is 0 Å². The Morgan fingerprint density at radius 2 is 1.14 bits per heavy atom. The molecule has 6 unspecified atom stereocenters. The molecule has 7 nitrogen and oxygen atoms in total. The molecule has 2 rings (SSSR count). The number of aliphatic hydroxyl groups is 4. The Bertz CT molecular complexity index is 602. The van der Waals surface area contributed by atoms with Gasteiger partial charge in [0.15, 0.2) is 8.32 Å². The molecule has 0 aliphatic heterocycles. The number of aliphatic hydroxyl groups excluding tert-OH is 4. The van der Waals surface area contributed by atoms with Crippen molar-refractivity contribution in [2.24, 2.45) is 0 Å². The predicted octanol–water partition coefficient (Wildman–Crippen LogP) is 3.99. The summed E-state index contributed by atoms with van der Waals surface area (Å²) in [7, 11) is -3.93. The summed E-state index contributed by atoms with van der Waals surface area (Å²) in [5.74, 6) is 0. The van der Waals surface area contributed by atoms with E-state index in [4.69, 9.17) is 13.9 Å². The van der Waals surface area contributed by atoms with Gasteiger partial charge in [0, 0.05) is 31.3 Å². The Kier molecular flexibility index (Phi) is 11.1. The molecule has 208 valence electrons. The largest absolute Gasteiger partial charge is 0.415 e. The summed E-state index contributed by atoms with van der Waals surface area (Å²) in [5, 5.41) is 39.1. The molecular formula is C26H54O7Si2. The Balaban J connectivity index is 1.85. The van der Waals surface area contributed by atoms with Gasteiger partial charge in [-0.15, -0.1) is 0 Å². The molecule has 0 aromatic heterocycles. The van der Waals surface area contributed by atoms with Crippen molar-refractivity contribution in [2.45, 2.75) is 152 Å². The lowest BCUT2D eigenvalue weighted by atomic mass is 9.92. The standard InChI is InChI=1S/C26H54O7Si2/c1-25(2,13-14-31-19-9-11-21(27)23(29)17-19)35(7,8)33-26(3,4)34(5,6)16-15-32-20-10-12-22(28)24(30)18-20/h19-24,27-30H,9-18H2,1-8H3. The van der Waals surface area contributed by atoms with Gasteiger partial charge in [-0.1, -0.05) is 26.9 Å². The maximum absolute atomic E-state index is 9.93. The SMILES string of the molecule is CC(C)(O[Si](C)(C)C(C)(C)CCOC1CCC(O)C(O)C1)[Si](C)(C)CCOC1CCC(O)C(O)C1. The second kappa shape index (κ2) is 12.3. The van der Waals surface area contributed by atoms with E-state index in [1.807, 2.05) is 0 Å².